The molecule has 0 saturated carbocycles. The molecule has 0 fully saturated rings. The third-order valence-electron chi connectivity index (χ3n) is 11.1. The highest BCUT2D eigenvalue weighted by molar-refractivity contribution is 6.15. The Labute approximate surface area is 325 Å². The van der Waals surface area contributed by atoms with E-state index in [9.17, 15) is 0 Å². The predicted molar refractivity (Wildman–Crippen MR) is 234 cm³/mol. The maximum atomic E-state index is 5.28. The number of rotatable bonds is 7. The maximum absolute atomic E-state index is 5.28. The summed E-state index contributed by atoms with van der Waals surface area (Å²) in [6.45, 7) is 5.98. The van der Waals surface area contributed by atoms with Crippen LogP contribution >= 0.6 is 0 Å². The van der Waals surface area contributed by atoms with Gasteiger partial charge in [0.15, 0.2) is 12.0 Å². The van der Waals surface area contributed by atoms with E-state index in [0.29, 0.717) is 5.84 Å². The lowest BCUT2D eigenvalue weighted by Crippen LogP contribution is -2.36. The van der Waals surface area contributed by atoms with E-state index in [1.54, 1.807) is 6.08 Å². The first kappa shape index (κ1) is 33.5. The smallest absolute Gasteiger partial charge is 0.159 e. The van der Waals surface area contributed by atoms with Crippen LogP contribution in [-0.2, 0) is 0 Å². The molecule has 2 aliphatic rings. The van der Waals surface area contributed by atoms with E-state index >= 15 is 0 Å². The Morgan fingerprint density at radius 3 is 2.38 bits per heavy atom. The van der Waals surface area contributed by atoms with Gasteiger partial charge in [-0.1, -0.05) is 122 Å². The number of aromatic nitrogens is 3. The molecular weight excluding hydrogens is 685 g/mol. The van der Waals surface area contributed by atoms with Gasteiger partial charge in [0.2, 0.25) is 0 Å². The molecule has 0 amide bonds. The largest absolute Gasteiger partial charge is 0.333 e. The van der Waals surface area contributed by atoms with E-state index in [1.165, 1.54) is 43.0 Å². The highest BCUT2D eigenvalue weighted by Gasteiger charge is 2.28. The number of pyridine rings is 1. The minimum Gasteiger partial charge on any atom is -0.333 e. The van der Waals surface area contributed by atoms with Crippen molar-refractivity contribution in [2.45, 2.75) is 25.9 Å². The van der Waals surface area contributed by atoms with Gasteiger partial charge in [0.05, 0.1) is 21.9 Å². The first-order chi connectivity index (χ1) is 27.6. The molecule has 6 nitrogen and oxygen atoms in total. The number of hydrogen-bond acceptors (Lipinski definition) is 4. The van der Waals surface area contributed by atoms with E-state index < -0.39 is 0 Å². The van der Waals surface area contributed by atoms with Gasteiger partial charge in [0, 0.05) is 57.0 Å². The van der Waals surface area contributed by atoms with E-state index in [0.717, 1.165) is 57.9 Å². The second kappa shape index (κ2) is 13.7. The van der Waals surface area contributed by atoms with Crippen LogP contribution in [0, 0.1) is 0 Å². The molecule has 56 heavy (non-hydrogen) atoms. The fraction of sp³-hybridized carbons (Fsp3) is 0.100. The Morgan fingerprint density at radius 2 is 1.52 bits per heavy atom. The lowest BCUT2D eigenvalue weighted by molar-refractivity contribution is 0.382. The Morgan fingerprint density at radius 1 is 0.732 bits per heavy atom. The summed E-state index contributed by atoms with van der Waals surface area (Å²) in [5.74, 6) is 2.38. The minimum atomic E-state index is -0.340. The summed E-state index contributed by atoms with van der Waals surface area (Å²) in [6, 6.07) is 43.5. The standard InChI is InChI=1S/C50H40N6/c1-4-15-34(16-5-2)48-52-49(35-18-7-6-8-19-35)54(3)50(53-48)37-27-28-51-47(30-37)56-44-24-14-12-22-40(44)42-31-41-39-21-11-13-23-43(39)55(45(41)32-46(42)56)38-26-25-33-17-9-10-20-36(33)29-38/h4-11,13,15-32,50H,1,12,14H2,2-3H3/b16-5-,34-15+. The third-order valence-corrected chi connectivity index (χ3v) is 11.1. The average molecular weight is 725 g/mol. The molecule has 0 radical (unpaired) electrons. The number of fused-ring (bicyclic) bond motifs is 7. The van der Waals surface area contributed by atoms with Gasteiger partial charge >= 0.3 is 0 Å². The molecular formula is C50H40N6. The number of aliphatic imine (C=N–C) groups is 2. The SMILES string of the molecule is C=C/C=C(\C=C/C)C1=NC(c2ccnc(-n3c4c(c5cc6c7ccccc7n(-c7ccc8ccccc8c7)c6cc53)=CCCC=4)c2)N(C)C(c2ccccc2)=N1. The first-order valence-electron chi connectivity index (χ1n) is 19.3. The van der Waals surface area contributed by atoms with Gasteiger partial charge < -0.3 is 9.47 Å². The second-order valence-corrected chi connectivity index (χ2v) is 14.4. The van der Waals surface area contributed by atoms with Gasteiger partial charge in [-0.05, 0) is 73.0 Å². The predicted octanol–water partition coefficient (Wildman–Crippen LogP) is 10.1. The Hall–Kier alpha value is -7.05. The fourth-order valence-corrected chi connectivity index (χ4v) is 8.54. The molecule has 1 unspecified atom stereocenters. The van der Waals surface area contributed by atoms with Crippen molar-refractivity contribution in [2.75, 3.05) is 7.05 Å². The fourth-order valence-electron chi connectivity index (χ4n) is 8.54. The zero-order valence-electron chi connectivity index (χ0n) is 31.5. The van der Waals surface area contributed by atoms with Crippen LogP contribution in [0.1, 0.15) is 37.1 Å². The van der Waals surface area contributed by atoms with Crippen molar-refractivity contribution in [3.8, 4) is 11.5 Å². The van der Waals surface area contributed by atoms with Crippen LogP contribution in [0.25, 0.3) is 67.1 Å². The number of para-hydroxylation sites is 1. The maximum Gasteiger partial charge on any atom is 0.159 e. The van der Waals surface area contributed by atoms with Crippen molar-refractivity contribution in [1.82, 2.24) is 19.0 Å². The van der Waals surface area contributed by atoms with Crippen LogP contribution in [0.15, 0.2) is 174 Å². The number of allylic oxidation sites excluding steroid dienone is 3. The van der Waals surface area contributed by atoms with Crippen LogP contribution in [0.5, 0.6) is 0 Å². The number of hydrogen-bond donors (Lipinski definition) is 0. The summed E-state index contributed by atoms with van der Waals surface area (Å²) >= 11 is 0. The normalized spacial score (nSPS) is 15.9. The Kier molecular flexibility index (Phi) is 8.18. The van der Waals surface area contributed by atoms with E-state index in [4.69, 9.17) is 15.0 Å². The molecule has 270 valence electrons. The molecule has 10 rings (SSSR count). The second-order valence-electron chi connectivity index (χ2n) is 14.4. The van der Waals surface area contributed by atoms with Gasteiger partial charge in [0.1, 0.15) is 11.7 Å². The molecule has 0 spiro atoms. The molecule has 3 aromatic heterocycles. The van der Waals surface area contributed by atoms with Crippen molar-refractivity contribution in [3.63, 3.8) is 0 Å². The topological polar surface area (TPSA) is 50.7 Å². The summed E-state index contributed by atoms with van der Waals surface area (Å²) in [5, 5.41) is 8.62. The van der Waals surface area contributed by atoms with E-state index in [1.807, 2.05) is 49.5 Å². The minimum absolute atomic E-state index is 0.340. The van der Waals surface area contributed by atoms with E-state index in [2.05, 4.69) is 143 Å². The summed E-state index contributed by atoms with van der Waals surface area (Å²) in [6.07, 6.45) is 16.1. The molecule has 1 aliphatic heterocycles. The average Bonchev–Trinajstić information content (AvgIpc) is 3.75. The zero-order valence-corrected chi connectivity index (χ0v) is 31.5. The molecule has 8 aromatic rings. The van der Waals surface area contributed by atoms with Crippen molar-refractivity contribution in [3.05, 3.63) is 186 Å². The summed E-state index contributed by atoms with van der Waals surface area (Å²) < 4.78 is 4.77. The van der Waals surface area contributed by atoms with Crippen LogP contribution in [0.4, 0.5) is 0 Å². The monoisotopic (exact) mass is 724 g/mol. The molecule has 0 saturated heterocycles. The third kappa shape index (κ3) is 5.44. The first-order valence-corrected chi connectivity index (χ1v) is 19.3. The number of nitrogens with zero attached hydrogens (tertiary/aromatic N) is 6. The van der Waals surface area contributed by atoms with Crippen molar-refractivity contribution < 1.29 is 0 Å². The molecule has 1 aliphatic carbocycles. The number of benzene rings is 5. The van der Waals surface area contributed by atoms with Crippen LogP contribution < -0.4 is 10.6 Å². The van der Waals surface area contributed by atoms with Crippen LogP contribution in [0.2, 0.25) is 0 Å². The van der Waals surface area contributed by atoms with Crippen molar-refractivity contribution in [1.29, 1.82) is 0 Å². The Balaban J connectivity index is 1.19. The van der Waals surface area contributed by atoms with Gasteiger partial charge in [-0.25, -0.2) is 15.0 Å². The summed E-state index contributed by atoms with van der Waals surface area (Å²) in [4.78, 5) is 17.6. The Bertz CT molecular complexity index is 3140. The molecule has 4 heterocycles. The lowest BCUT2D eigenvalue weighted by Gasteiger charge is -2.32. The van der Waals surface area contributed by atoms with Gasteiger partial charge in [-0.2, -0.15) is 0 Å². The van der Waals surface area contributed by atoms with Crippen molar-refractivity contribution >= 4 is 67.3 Å². The highest BCUT2D eigenvalue weighted by atomic mass is 15.3. The van der Waals surface area contributed by atoms with E-state index in [-0.39, 0.29) is 6.17 Å². The lowest BCUT2D eigenvalue weighted by atomic mass is 10.1. The molecule has 5 aromatic carbocycles. The van der Waals surface area contributed by atoms with Crippen LogP contribution in [0.3, 0.4) is 0 Å². The van der Waals surface area contributed by atoms with Crippen LogP contribution in [-0.4, -0.2) is 37.7 Å². The quantitative estimate of drug-likeness (QED) is 0.154. The molecule has 6 heteroatoms. The summed E-state index contributed by atoms with van der Waals surface area (Å²) in [7, 11) is 2.07. The molecule has 0 bridgehead atoms. The van der Waals surface area contributed by atoms with Crippen molar-refractivity contribution in [2.24, 2.45) is 9.98 Å². The van der Waals surface area contributed by atoms with Gasteiger partial charge in [-0.15, -0.1) is 0 Å². The number of amidine groups is 2. The van der Waals surface area contributed by atoms with Gasteiger partial charge in [0.25, 0.3) is 0 Å². The molecule has 1 atom stereocenters. The highest BCUT2D eigenvalue weighted by Crippen LogP contribution is 2.36. The van der Waals surface area contributed by atoms with Gasteiger partial charge in [-0.3, -0.25) is 4.57 Å². The summed E-state index contributed by atoms with van der Waals surface area (Å²) in [5.41, 5.74) is 7.59. The molecule has 0 N–H and O–H groups in total. The zero-order chi connectivity index (χ0) is 37.8.